The summed E-state index contributed by atoms with van der Waals surface area (Å²) in [7, 11) is 0. The Kier molecular flexibility index (Phi) is 12.6. The number of amides is 1. The van der Waals surface area contributed by atoms with Gasteiger partial charge in [0, 0.05) is 7.85 Å². The number of hydrogen-bond acceptors (Lipinski definition) is 1. The molecule has 0 heterocycles. The van der Waals surface area contributed by atoms with E-state index in [2.05, 4.69) is 5.73 Å². The summed E-state index contributed by atoms with van der Waals surface area (Å²) in [6.45, 7) is 5.72. The molecule has 0 aliphatic heterocycles. The summed E-state index contributed by atoms with van der Waals surface area (Å²) in [5.74, 6) is -0.245. The minimum atomic E-state index is -0.245. The molecule has 0 unspecified atom stereocenters. The van der Waals surface area contributed by atoms with Gasteiger partial charge >= 0.3 is 0 Å². The summed E-state index contributed by atoms with van der Waals surface area (Å²) in [5.41, 5.74) is 4.65. The first-order valence-electron chi connectivity index (χ1n) is 2.55. The highest BCUT2D eigenvalue weighted by molar-refractivity contribution is 5.73. The van der Waals surface area contributed by atoms with Gasteiger partial charge in [0.15, 0.2) is 0 Å². The van der Waals surface area contributed by atoms with Crippen LogP contribution in [0.15, 0.2) is 0 Å². The molecule has 0 rings (SSSR count). The maximum Gasteiger partial charge on any atom is 0.217 e. The van der Waals surface area contributed by atoms with Gasteiger partial charge in [-0.2, -0.15) is 0 Å². The van der Waals surface area contributed by atoms with Crippen molar-refractivity contribution >= 4 is 5.91 Å². The normalized spacial score (nSPS) is 6.14. The van der Waals surface area contributed by atoms with E-state index in [1.165, 1.54) is 0 Å². The van der Waals surface area contributed by atoms with Crippen molar-refractivity contribution in [1.82, 2.24) is 0 Å². The van der Waals surface area contributed by atoms with Crippen LogP contribution in [0, 0.1) is 0 Å². The fourth-order valence-corrected chi connectivity index (χ4v) is 0. The second-order valence-corrected chi connectivity index (χ2v) is 0.820. The van der Waals surface area contributed by atoms with E-state index in [1.807, 2.05) is 13.8 Å². The van der Waals surface area contributed by atoms with Crippen molar-refractivity contribution in [3.8, 4) is 0 Å². The van der Waals surface area contributed by atoms with Gasteiger partial charge in [0.1, 0.15) is 0 Å². The fourth-order valence-electron chi connectivity index (χ4n) is 0. The number of hydrogen-bond donors (Lipinski definition) is 1. The molecule has 1 amide bonds. The minimum Gasteiger partial charge on any atom is -0.370 e. The molecule has 46 valence electrons. The lowest BCUT2D eigenvalue weighted by Gasteiger charge is -1.73. The van der Waals surface area contributed by atoms with Crippen LogP contribution in [-0.4, -0.2) is 5.91 Å². The second kappa shape index (κ2) is 9.08. The Bertz CT molecular complexity index is 47.7. The molecule has 0 aromatic rings. The first kappa shape index (κ1) is 9.69. The largest absolute Gasteiger partial charge is 0.370 e. The SMILES string of the molecule is CC.CCC(N)=O.[HH]. The van der Waals surface area contributed by atoms with Crippen molar-refractivity contribution in [2.75, 3.05) is 0 Å². The zero-order chi connectivity index (χ0) is 6.28. The van der Waals surface area contributed by atoms with Crippen LogP contribution in [0.4, 0.5) is 0 Å². The van der Waals surface area contributed by atoms with Crippen LogP contribution < -0.4 is 5.73 Å². The quantitative estimate of drug-likeness (QED) is 0.534. The molecule has 0 saturated heterocycles. The lowest BCUT2D eigenvalue weighted by molar-refractivity contribution is -0.117. The van der Waals surface area contributed by atoms with Gasteiger partial charge in [-0.25, -0.2) is 0 Å². The van der Waals surface area contributed by atoms with E-state index in [0.717, 1.165) is 0 Å². The van der Waals surface area contributed by atoms with Crippen LogP contribution in [0.1, 0.15) is 28.6 Å². The van der Waals surface area contributed by atoms with Crippen molar-refractivity contribution in [1.29, 1.82) is 0 Å². The van der Waals surface area contributed by atoms with E-state index in [4.69, 9.17) is 0 Å². The second-order valence-electron chi connectivity index (χ2n) is 0.820. The molecule has 0 fully saturated rings. The molecular weight excluding hydrogens is 90.1 g/mol. The van der Waals surface area contributed by atoms with E-state index in [-0.39, 0.29) is 7.33 Å². The Morgan fingerprint density at radius 1 is 1.71 bits per heavy atom. The van der Waals surface area contributed by atoms with Crippen LogP contribution in [0.3, 0.4) is 0 Å². The van der Waals surface area contributed by atoms with Gasteiger partial charge in [-0.1, -0.05) is 20.8 Å². The van der Waals surface area contributed by atoms with Gasteiger partial charge in [0.2, 0.25) is 5.91 Å². The van der Waals surface area contributed by atoms with Gasteiger partial charge in [-0.05, 0) is 0 Å². The Morgan fingerprint density at radius 2 is 1.86 bits per heavy atom. The van der Waals surface area contributed by atoms with E-state index in [9.17, 15) is 4.79 Å². The molecule has 0 aromatic heterocycles. The fraction of sp³-hybridized carbons (Fsp3) is 0.800. The van der Waals surface area contributed by atoms with Gasteiger partial charge in [0.05, 0.1) is 0 Å². The van der Waals surface area contributed by atoms with Gasteiger partial charge in [-0.15, -0.1) is 0 Å². The first-order valence-corrected chi connectivity index (χ1v) is 2.55. The zero-order valence-corrected chi connectivity index (χ0v) is 5.19. The average Bonchev–Trinajstić information content (AvgIpc) is 1.73. The third kappa shape index (κ3) is 30.5. The highest BCUT2D eigenvalue weighted by Crippen LogP contribution is 1.63. The van der Waals surface area contributed by atoms with E-state index < -0.39 is 0 Å². The van der Waals surface area contributed by atoms with Crippen molar-refractivity contribution in [3.05, 3.63) is 0 Å². The average molecular weight is 105 g/mol. The molecule has 0 atom stereocenters. The molecule has 0 aliphatic rings. The number of carbonyl (C=O) groups excluding carboxylic acids is 1. The highest BCUT2D eigenvalue weighted by Gasteiger charge is 1.77. The third-order valence-electron chi connectivity index (χ3n) is 0.348. The summed E-state index contributed by atoms with van der Waals surface area (Å²) in [5, 5.41) is 0. The molecule has 0 saturated carbocycles. The van der Waals surface area contributed by atoms with E-state index in [0.29, 0.717) is 6.42 Å². The van der Waals surface area contributed by atoms with Crippen LogP contribution in [-0.2, 0) is 4.79 Å². The van der Waals surface area contributed by atoms with Gasteiger partial charge in [0.25, 0.3) is 0 Å². The van der Waals surface area contributed by atoms with Crippen LogP contribution in [0.25, 0.3) is 0 Å². The van der Waals surface area contributed by atoms with E-state index >= 15 is 0 Å². The standard InChI is InChI=1S/C3H7NO.C2H6.H2/c1-2-3(4)5;1-2;/h2H2,1H3,(H2,4,5);1-2H3;1H. The highest BCUT2D eigenvalue weighted by atomic mass is 16.1. The lowest BCUT2D eigenvalue weighted by atomic mass is 10.5. The predicted molar refractivity (Wildman–Crippen MR) is 32.9 cm³/mol. The summed E-state index contributed by atoms with van der Waals surface area (Å²) in [4.78, 5) is 9.59. The molecule has 0 bridgehead atoms. The smallest absolute Gasteiger partial charge is 0.217 e. The Hall–Kier alpha value is -0.530. The molecule has 0 aliphatic carbocycles. The topological polar surface area (TPSA) is 43.1 Å². The van der Waals surface area contributed by atoms with Crippen LogP contribution in [0.2, 0.25) is 0 Å². The van der Waals surface area contributed by atoms with Gasteiger partial charge < -0.3 is 5.73 Å². The van der Waals surface area contributed by atoms with Crippen molar-refractivity contribution in [3.63, 3.8) is 0 Å². The maximum atomic E-state index is 9.59. The monoisotopic (exact) mass is 105 g/mol. The Balaban J connectivity index is -0.0000000750. The van der Waals surface area contributed by atoms with Crippen molar-refractivity contribution in [2.45, 2.75) is 27.2 Å². The predicted octanol–water partition coefficient (Wildman–Crippen LogP) is 1.15. The van der Waals surface area contributed by atoms with Crippen molar-refractivity contribution < 1.29 is 6.22 Å². The lowest BCUT2D eigenvalue weighted by Crippen LogP contribution is -2.06. The van der Waals surface area contributed by atoms with Crippen LogP contribution >= 0.6 is 0 Å². The Morgan fingerprint density at radius 3 is 1.86 bits per heavy atom. The Labute approximate surface area is 46.2 Å². The van der Waals surface area contributed by atoms with Crippen LogP contribution in [0.5, 0.6) is 0 Å². The summed E-state index contributed by atoms with van der Waals surface area (Å²) >= 11 is 0. The van der Waals surface area contributed by atoms with E-state index in [1.54, 1.807) is 6.92 Å². The number of primary amides is 1. The third-order valence-corrected chi connectivity index (χ3v) is 0.348. The number of carbonyl (C=O) groups is 1. The molecule has 0 radical (unpaired) electrons. The molecular formula is C5H15NO. The van der Waals surface area contributed by atoms with Crippen molar-refractivity contribution in [2.24, 2.45) is 5.73 Å². The summed E-state index contributed by atoms with van der Waals surface area (Å²) in [6.07, 6.45) is 0.444. The molecule has 2 heteroatoms. The molecule has 2 nitrogen and oxygen atoms in total. The minimum absolute atomic E-state index is 0. The zero-order valence-electron chi connectivity index (χ0n) is 5.19. The molecule has 2 N–H and O–H groups in total. The molecule has 0 spiro atoms. The summed E-state index contributed by atoms with van der Waals surface area (Å²) in [6, 6.07) is 0. The number of rotatable bonds is 1. The maximum absolute atomic E-state index is 9.59. The molecule has 7 heavy (non-hydrogen) atoms. The summed E-state index contributed by atoms with van der Waals surface area (Å²) < 4.78 is 0. The molecule has 0 aromatic carbocycles. The first-order chi connectivity index (χ1) is 3.27. The van der Waals surface area contributed by atoms with Gasteiger partial charge in [-0.3, -0.25) is 4.79 Å². The number of nitrogens with two attached hydrogens (primary N) is 1.